The van der Waals surface area contributed by atoms with Gasteiger partial charge in [0, 0.05) is 36.5 Å². The monoisotopic (exact) mass is 390 g/mol. The summed E-state index contributed by atoms with van der Waals surface area (Å²) in [7, 11) is 0. The zero-order chi connectivity index (χ0) is 20.2. The number of nitrogens with zero attached hydrogens (tertiary/aromatic N) is 3. The maximum absolute atomic E-state index is 12.3. The van der Waals surface area contributed by atoms with Crippen LogP contribution < -0.4 is 10.6 Å². The summed E-state index contributed by atoms with van der Waals surface area (Å²) in [6, 6.07) is 14.4. The summed E-state index contributed by atoms with van der Waals surface area (Å²) < 4.78 is 5.37. The third-order valence-corrected chi connectivity index (χ3v) is 4.26. The summed E-state index contributed by atoms with van der Waals surface area (Å²) in [6.45, 7) is 1.92. The lowest BCUT2D eigenvalue weighted by Crippen LogP contribution is -2.28. The van der Waals surface area contributed by atoms with E-state index in [1.165, 1.54) is 0 Å². The highest BCUT2D eigenvalue weighted by Gasteiger charge is 2.14. The molecule has 2 heterocycles. The average molecular weight is 390 g/mol. The van der Waals surface area contributed by atoms with Gasteiger partial charge >= 0.3 is 0 Å². The predicted octanol–water partition coefficient (Wildman–Crippen LogP) is 2.68. The SMILES string of the molecule is Cc1nnc(-c2ccc(NC(=O)CCNC(=O)c3n[nH]c4ccccc34)cc2)o1. The van der Waals surface area contributed by atoms with Gasteiger partial charge in [-0.2, -0.15) is 5.10 Å². The molecule has 9 nitrogen and oxygen atoms in total. The van der Waals surface area contributed by atoms with Crippen molar-refractivity contribution >= 4 is 28.4 Å². The quantitative estimate of drug-likeness (QED) is 0.465. The Balaban J connectivity index is 1.28. The molecule has 0 radical (unpaired) electrons. The number of nitrogens with one attached hydrogen (secondary N) is 3. The maximum atomic E-state index is 12.3. The molecule has 0 aliphatic rings. The number of anilines is 1. The molecule has 0 spiro atoms. The van der Waals surface area contributed by atoms with Gasteiger partial charge in [-0.05, 0) is 30.3 Å². The first-order valence-corrected chi connectivity index (χ1v) is 9.02. The summed E-state index contributed by atoms with van der Waals surface area (Å²) >= 11 is 0. The highest BCUT2D eigenvalue weighted by atomic mass is 16.4. The van der Waals surface area contributed by atoms with Gasteiger partial charge in [0.05, 0.1) is 5.52 Å². The molecular weight excluding hydrogens is 372 g/mol. The number of hydrogen-bond acceptors (Lipinski definition) is 6. The van der Waals surface area contributed by atoms with Crippen molar-refractivity contribution in [3.8, 4) is 11.5 Å². The third-order valence-electron chi connectivity index (χ3n) is 4.26. The van der Waals surface area contributed by atoms with E-state index in [4.69, 9.17) is 4.42 Å². The molecule has 2 aromatic carbocycles. The standard InChI is InChI=1S/C20H18N6O3/c1-12-23-26-20(29-12)13-6-8-14(9-7-13)22-17(27)10-11-21-19(28)18-15-4-2-3-5-16(15)24-25-18/h2-9H,10-11H2,1H3,(H,21,28)(H,22,27)(H,24,25). The van der Waals surface area contributed by atoms with Crippen LogP contribution in [0.2, 0.25) is 0 Å². The number of H-pyrrole nitrogens is 1. The second-order valence-electron chi connectivity index (χ2n) is 6.38. The minimum atomic E-state index is -0.325. The topological polar surface area (TPSA) is 126 Å². The number of para-hydroxylation sites is 1. The fraction of sp³-hybridized carbons (Fsp3) is 0.150. The van der Waals surface area contributed by atoms with E-state index in [0.29, 0.717) is 23.2 Å². The molecule has 3 N–H and O–H groups in total. The number of aromatic amines is 1. The second kappa shape index (κ2) is 7.93. The molecule has 0 aliphatic carbocycles. The molecule has 0 fully saturated rings. The van der Waals surface area contributed by atoms with Crippen molar-refractivity contribution in [2.75, 3.05) is 11.9 Å². The first-order chi connectivity index (χ1) is 14.1. The van der Waals surface area contributed by atoms with Gasteiger partial charge in [0.1, 0.15) is 0 Å². The molecule has 2 aromatic heterocycles. The van der Waals surface area contributed by atoms with Crippen LogP contribution in [0, 0.1) is 6.92 Å². The van der Waals surface area contributed by atoms with Crippen molar-refractivity contribution < 1.29 is 14.0 Å². The predicted molar refractivity (Wildman–Crippen MR) is 106 cm³/mol. The number of fused-ring (bicyclic) bond motifs is 1. The zero-order valence-corrected chi connectivity index (χ0v) is 15.6. The first kappa shape index (κ1) is 18.4. The van der Waals surface area contributed by atoms with Crippen molar-refractivity contribution in [1.82, 2.24) is 25.7 Å². The van der Waals surface area contributed by atoms with E-state index in [2.05, 4.69) is 31.0 Å². The van der Waals surface area contributed by atoms with Crippen molar-refractivity contribution in [2.45, 2.75) is 13.3 Å². The highest BCUT2D eigenvalue weighted by Crippen LogP contribution is 2.20. The Bertz CT molecular complexity index is 1160. The van der Waals surface area contributed by atoms with Crippen LogP contribution in [0.1, 0.15) is 22.8 Å². The Kier molecular flexibility index (Phi) is 5.02. The molecule has 0 unspecified atom stereocenters. The zero-order valence-electron chi connectivity index (χ0n) is 15.6. The summed E-state index contributed by atoms with van der Waals surface area (Å²) in [6.07, 6.45) is 0.138. The molecule has 0 atom stereocenters. The van der Waals surface area contributed by atoms with Crippen LogP contribution in [0.15, 0.2) is 52.9 Å². The number of aromatic nitrogens is 4. The molecule has 29 heavy (non-hydrogen) atoms. The van der Waals surface area contributed by atoms with Gasteiger partial charge in [-0.25, -0.2) is 0 Å². The van der Waals surface area contributed by atoms with E-state index in [9.17, 15) is 9.59 Å². The summed E-state index contributed by atoms with van der Waals surface area (Å²) in [5.74, 6) is 0.379. The first-order valence-electron chi connectivity index (χ1n) is 9.02. The van der Waals surface area contributed by atoms with Crippen LogP contribution in [0.4, 0.5) is 5.69 Å². The lowest BCUT2D eigenvalue weighted by Gasteiger charge is -2.06. The van der Waals surface area contributed by atoms with Gasteiger partial charge in [-0.3, -0.25) is 14.7 Å². The number of hydrogen-bond donors (Lipinski definition) is 3. The molecule has 9 heteroatoms. The van der Waals surface area contributed by atoms with E-state index in [-0.39, 0.29) is 24.8 Å². The van der Waals surface area contributed by atoms with Crippen LogP contribution in [0.25, 0.3) is 22.4 Å². The van der Waals surface area contributed by atoms with Gasteiger partial charge in [0.2, 0.25) is 17.7 Å². The minimum Gasteiger partial charge on any atom is -0.421 e. The molecule has 146 valence electrons. The lowest BCUT2D eigenvalue weighted by atomic mass is 10.2. The largest absolute Gasteiger partial charge is 0.421 e. The van der Waals surface area contributed by atoms with E-state index < -0.39 is 0 Å². The fourth-order valence-corrected chi connectivity index (χ4v) is 2.84. The number of amides is 2. The molecule has 4 aromatic rings. The van der Waals surface area contributed by atoms with Crippen LogP contribution in [0.3, 0.4) is 0 Å². The van der Waals surface area contributed by atoms with Crippen LogP contribution >= 0.6 is 0 Å². The molecular formula is C20H18N6O3. The molecule has 2 amide bonds. The smallest absolute Gasteiger partial charge is 0.272 e. The number of aryl methyl sites for hydroxylation is 1. The van der Waals surface area contributed by atoms with Crippen LogP contribution in [0.5, 0.6) is 0 Å². The number of rotatable bonds is 6. The lowest BCUT2D eigenvalue weighted by molar-refractivity contribution is -0.116. The second-order valence-corrected chi connectivity index (χ2v) is 6.38. The summed E-state index contributed by atoms with van der Waals surface area (Å²) in [4.78, 5) is 24.4. The number of carbonyl (C=O) groups is 2. The van der Waals surface area contributed by atoms with E-state index in [1.54, 1.807) is 31.2 Å². The fourth-order valence-electron chi connectivity index (χ4n) is 2.84. The summed E-state index contributed by atoms with van der Waals surface area (Å²) in [5, 5.41) is 20.8. The van der Waals surface area contributed by atoms with Gasteiger partial charge in [-0.15, -0.1) is 10.2 Å². The number of benzene rings is 2. The normalized spacial score (nSPS) is 10.8. The van der Waals surface area contributed by atoms with Crippen LogP contribution in [-0.4, -0.2) is 38.8 Å². The average Bonchev–Trinajstić information content (AvgIpc) is 3.35. The Morgan fingerprint density at radius 3 is 2.62 bits per heavy atom. The molecule has 0 saturated heterocycles. The minimum absolute atomic E-state index is 0.138. The molecule has 0 aliphatic heterocycles. The Morgan fingerprint density at radius 2 is 1.86 bits per heavy atom. The summed E-state index contributed by atoms with van der Waals surface area (Å²) in [5.41, 5.74) is 2.50. The highest BCUT2D eigenvalue weighted by molar-refractivity contribution is 6.04. The Labute approximate surface area is 165 Å². The maximum Gasteiger partial charge on any atom is 0.272 e. The van der Waals surface area contributed by atoms with Crippen molar-refractivity contribution in [3.05, 3.63) is 60.1 Å². The third kappa shape index (κ3) is 4.13. The van der Waals surface area contributed by atoms with Crippen molar-refractivity contribution in [1.29, 1.82) is 0 Å². The van der Waals surface area contributed by atoms with E-state index in [1.807, 2.05) is 24.3 Å². The Morgan fingerprint density at radius 1 is 1.07 bits per heavy atom. The molecule has 0 bridgehead atoms. The number of carbonyl (C=O) groups excluding carboxylic acids is 2. The van der Waals surface area contributed by atoms with Crippen LogP contribution in [-0.2, 0) is 4.79 Å². The van der Waals surface area contributed by atoms with Crippen molar-refractivity contribution in [2.24, 2.45) is 0 Å². The van der Waals surface area contributed by atoms with Gasteiger partial charge < -0.3 is 15.1 Å². The molecule has 4 rings (SSSR count). The molecule has 0 saturated carbocycles. The van der Waals surface area contributed by atoms with Gasteiger partial charge in [0.15, 0.2) is 5.69 Å². The van der Waals surface area contributed by atoms with Crippen molar-refractivity contribution in [3.63, 3.8) is 0 Å². The Hall–Kier alpha value is -4.01. The van der Waals surface area contributed by atoms with Gasteiger partial charge in [0.25, 0.3) is 5.91 Å². The van der Waals surface area contributed by atoms with Gasteiger partial charge in [-0.1, -0.05) is 18.2 Å². The van der Waals surface area contributed by atoms with E-state index >= 15 is 0 Å². The van der Waals surface area contributed by atoms with E-state index in [0.717, 1.165) is 16.5 Å².